The maximum atomic E-state index is 4.20. The van der Waals surface area contributed by atoms with Crippen LogP contribution in [0.2, 0.25) is 0 Å². The Morgan fingerprint density at radius 2 is 2.16 bits per heavy atom. The van der Waals surface area contributed by atoms with Crippen LogP contribution in [0.3, 0.4) is 0 Å². The van der Waals surface area contributed by atoms with Gasteiger partial charge in [0.2, 0.25) is 0 Å². The van der Waals surface area contributed by atoms with E-state index >= 15 is 0 Å². The zero-order chi connectivity index (χ0) is 13.7. The fourth-order valence-corrected chi connectivity index (χ4v) is 3.05. The van der Waals surface area contributed by atoms with E-state index < -0.39 is 0 Å². The van der Waals surface area contributed by atoms with Crippen molar-refractivity contribution in [1.82, 2.24) is 10.3 Å². The Hall–Kier alpha value is -1.19. The molecule has 0 bridgehead atoms. The monoisotopic (exact) mass is 274 g/mol. The van der Waals surface area contributed by atoms with E-state index in [1.807, 2.05) is 11.7 Å². The fourth-order valence-electron chi connectivity index (χ4n) is 2.33. The minimum Gasteiger partial charge on any atom is -0.306 e. The molecule has 1 atom stereocenters. The molecule has 0 aliphatic rings. The summed E-state index contributed by atoms with van der Waals surface area (Å²) in [5, 5.41) is 3.55. The van der Waals surface area contributed by atoms with E-state index in [0.29, 0.717) is 5.92 Å². The topological polar surface area (TPSA) is 24.9 Å². The summed E-state index contributed by atoms with van der Waals surface area (Å²) in [5.74, 6) is 0.691. The Morgan fingerprint density at radius 1 is 1.32 bits per heavy atom. The van der Waals surface area contributed by atoms with Crippen molar-refractivity contribution in [2.45, 2.75) is 33.2 Å². The van der Waals surface area contributed by atoms with Crippen LogP contribution in [0.4, 0.5) is 0 Å². The molecule has 0 aliphatic heterocycles. The number of aromatic nitrogens is 1. The van der Waals surface area contributed by atoms with Crippen LogP contribution in [0.1, 0.15) is 42.8 Å². The van der Waals surface area contributed by atoms with Crippen LogP contribution in [0.15, 0.2) is 36.0 Å². The molecule has 0 aliphatic carbocycles. The Kier molecular flexibility index (Phi) is 5.11. The zero-order valence-corrected chi connectivity index (χ0v) is 12.7. The van der Waals surface area contributed by atoms with Gasteiger partial charge in [0.1, 0.15) is 0 Å². The number of hydrogen-bond acceptors (Lipinski definition) is 3. The molecular formula is C16H22N2S. The SMILES string of the molecule is CCNC(c1cccc(CC(C)C)c1)c1cncs1. The van der Waals surface area contributed by atoms with Gasteiger partial charge in [-0.15, -0.1) is 11.3 Å². The number of hydrogen-bond donors (Lipinski definition) is 1. The van der Waals surface area contributed by atoms with Crippen molar-refractivity contribution in [3.05, 3.63) is 52.0 Å². The highest BCUT2D eigenvalue weighted by Crippen LogP contribution is 2.26. The summed E-state index contributed by atoms with van der Waals surface area (Å²) in [6.07, 6.45) is 3.10. The van der Waals surface area contributed by atoms with Crippen LogP contribution < -0.4 is 5.32 Å². The summed E-state index contributed by atoms with van der Waals surface area (Å²) >= 11 is 1.71. The van der Waals surface area contributed by atoms with Gasteiger partial charge in [-0.25, -0.2) is 0 Å². The molecule has 0 fully saturated rings. The molecule has 19 heavy (non-hydrogen) atoms. The second-order valence-electron chi connectivity index (χ2n) is 5.24. The first kappa shape index (κ1) is 14.2. The van der Waals surface area contributed by atoms with Crippen LogP contribution in [0, 0.1) is 5.92 Å². The Bertz CT molecular complexity index is 491. The van der Waals surface area contributed by atoms with E-state index in [-0.39, 0.29) is 6.04 Å². The Labute approximate surface area is 119 Å². The fraction of sp³-hybridized carbons (Fsp3) is 0.438. The van der Waals surface area contributed by atoms with Crippen LogP contribution >= 0.6 is 11.3 Å². The largest absolute Gasteiger partial charge is 0.306 e. The molecule has 0 saturated heterocycles. The van der Waals surface area contributed by atoms with Crippen molar-refractivity contribution < 1.29 is 0 Å². The molecule has 2 rings (SSSR count). The zero-order valence-electron chi connectivity index (χ0n) is 11.9. The van der Waals surface area contributed by atoms with Gasteiger partial charge in [0.25, 0.3) is 0 Å². The minimum absolute atomic E-state index is 0.268. The standard InChI is InChI=1S/C16H22N2S/c1-4-18-16(15-10-17-11-19-15)14-7-5-6-13(9-14)8-12(2)3/h5-7,9-12,16,18H,4,8H2,1-3H3. The summed E-state index contributed by atoms with van der Waals surface area (Å²) in [7, 11) is 0. The van der Waals surface area contributed by atoms with Gasteiger partial charge < -0.3 is 5.32 Å². The number of thiazole rings is 1. The van der Waals surface area contributed by atoms with Gasteiger partial charge >= 0.3 is 0 Å². The number of nitrogens with one attached hydrogen (secondary N) is 1. The lowest BCUT2D eigenvalue weighted by Gasteiger charge is -2.17. The summed E-state index contributed by atoms with van der Waals surface area (Å²) in [5.41, 5.74) is 4.65. The molecule has 1 aromatic heterocycles. The molecule has 0 radical (unpaired) electrons. The normalized spacial score (nSPS) is 12.8. The van der Waals surface area contributed by atoms with Crippen LogP contribution in [-0.2, 0) is 6.42 Å². The van der Waals surface area contributed by atoms with E-state index in [1.165, 1.54) is 16.0 Å². The first-order valence-corrected chi connectivity index (χ1v) is 7.79. The van der Waals surface area contributed by atoms with E-state index in [4.69, 9.17) is 0 Å². The summed E-state index contributed by atoms with van der Waals surface area (Å²) in [6.45, 7) is 7.62. The second-order valence-corrected chi connectivity index (χ2v) is 6.16. The van der Waals surface area contributed by atoms with Crippen molar-refractivity contribution in [2.75, 3.05) is 6.54 Å². The lowest BCUT2D eigenvalue weighted by atomic mass is 9.98. The van der Waals surface area contributed by atoms with E-state index in [0.717, 1.165) is 13.0 Å². The second kappa shape index (κ2) is 6.83. The highest BCUT2D eigenvalue weighted by molar-refractivity contribution is 7.09. The molecule has 1 N–H and O–H groups in total. The van der Waals surface area contributed by atoms with Crippen molar-refractivity contribution in [3.8, 4) is 0 Å². The minimum atomic E-state index is 0.268. The predicted molar refractivity (Wildman–Crippen MR) is 82.6 cm³/mol. The average molecular weight is 274 g/mol. The van der Waals surface area contributed by atoms with Crippen LogP contribution in [-0.4, -0.2) is 11.5 Å². The predicted octanol–water partition coefficient (Wildman–Crippen LogP) is 4.04. The molecule has 0 spiro atoms. The maximum absolute atomic E-state index is 4.20. The highest BCUT2D eigenvalue weighted by atomic mass is 32.1. The number of benzene rings is 1. The van der Waals surface area contributed by atoms with E-state index in [9.17, 15) is 0 Å². The summed E-state index contributed by atoms with van der Waals surface area (Å²) in [4.78, 5) is 5.48. The molecule has 1 unspecified atom stereocenters. The average Bonchev–Trinajstić information content (AvgIpc) is 2.89. The quantitative estimate of drug-likeness (QED) is 0.860. The molecule has 0 amide bonds. The molecule has 1 heterocycles. The van der Waals surface area contributed by atoms with Gasteiger partial charge in [-0.05, 0) is 30.0 Å². The van der Waals surface area contributed by atoms with Crippen molar-refractivity contribution >= 4 is 11.3 Å². The molecule has 1 aromatic carbocycles. The molecule has 102 valence electrons. The third-order valence-electron chi connectivity index (χ3n) is 3.07. The number of nitrogens with zero attached hydrogens (tertiary/aromatic N) is 1. The lowest BCUT2D eigenvalue weighted by Crippen LogP contribution is -2.21. The first-order valence-electron chi connectivity index (χ1n) is 6.91. The van der Waals surface area contributed by atoms with Gasteiger partial charge in [-0.2, -0.15) is 0 Å². The van der Waals surface area contributed by atoms with Crippen molar-refractivity contribution in [3.63, 3.8) is 0 Å². The molecule has 2 nitrogen and oxygen atoms in total. The first-order chi connectivity index (χ1) is 9.20. The molecule has 2 aromatic rings. The van der Waals surface area contributed by atoms with Gasteiger partial charge in [0, 0.05) is 11.1 Å². The third-order valence-corrected chi connectivity index (χ3v) is 3.91. The summed E-state index contributed by atoms with van der Waals surface area (Å²) < 4.78 is 0. The molecule has 3 heteroatoms. The summed E-state index contributed by atoms with van der Waals surface area (Å²) in [6, 6.07) is 9.19. The van der Waals surface area contributed by atoms with E-state index in [2.05, 4.69) is 55.3 Å². The van der Waals surface area contributed by atoms with Crippen molar-refractivity contribution in [1.29, 1.82) is 0 Å². The van der Waals surface area contributed by atoms with Crippen molar-refractivity contribution in [2.24, 2.45) is 5.92 Å². The molecular weight excluding hydrogens is 252 g/mol. The molecule has 0 saturated carbocycles. The van der Waals surface area contributed by atoms with Crippen LogP contribution in [0.25, 0.3) is 0 Å². The van der Waals surface area contributed by atoms with Gasteiger partial charge in [0.05, 0.1) is 11.6 Å². The van der Waals surface area contributed by atoms with Crippen LogP contribution in [0.5, 0.6) is 0 Å². The van der Waals surface area contributed by atoms with Gasteiger partial charge in [-0.1, -0.05) is 45.0 Å². The lowest BCUT2D eigenvalue weighted by molar-refractivity contribution is 0.629. The maximum Gasteiger partial charge on any atom is 0.0794 e. The third kappa shape index (κ3) is 3.88. The Balaban J connectivity index is 2.26. The highest BCUT2D eigenvalue weighted by Gasteiger charge is 2.14. The van der Waals surface area contributed by atoms with Gasteiger partial charge in [0.15, 0.2) is 0 Å². The van der Waals surface area contributed by atoms with Gasteiger partial charge in [-0.3, -0.25) is 4.98 Å². The Morgan fingerprint density at radius 3 is 2.79 bits per heavy atom. The van der Waals surface area contributed by atoms with E-state index in [1.54, 1.807) is 11.3 Å². The number of rotatable bonds is 6. The smallest absolute Gasteiger partial charge is 0.0794 e.